The molecule has 0 unspecified atom stereocenters. The van der Waals surface area contributed by atoms with E-state index in [0.717, 1.165) is 11.1 Å². The van der Waals surface area contributed by atoms with Crippen molar-refractivity contribution >= 4 is 0 Å². The van der Waals surface area contributed by atoms with E-state index in [9.17, 15) is 0 Å². The molecule has 5 heteroatoms. The van der Waals surface area contributed by atoms with Crippen molar-refractivity contribution in [2.45, 2.75) is 13.2 Å². The average Bonchev–Trinajstić information content (AvgIpc) is 2.29. The third-order valence-corrected chi connectivity index (χ3v) is 2.17. The molecule has 0 atom stereocenters. The molecule has 0 aromatic heterocycles. The van der Waals surface area contributed by atoms with Gasteiger partial charge in [-0.1, -0.05) is 0 Å². The van der Waals surface area contributed by atoms with Gasteiger partial charge in [0.2, 0.25) is 0 Å². The summed E-state index contributed by atoms with van der Waals surface area (Å²) in [5, 5.41) is 0. The van der Waals surface area contributed by atoms with Crippen LogP contribution in [-0.4, -0.2) is 21.3 Å². The molecule has 0 radical (unpaired) electrons. The molecule has 0 aliphatic carbocycles. The highest BCUT2D eigenvalue weighted by Crippen LogP contribution is 2.33. The molecule has 0 saturated heterocycles. The lowest BCUT2D eigenvalue weighted by atomic mass is 10.1. The molecule has 0 aliphatic heterocycles. The van der Waals surface area contributed by atoms with E-state index in [0.29, 0.717) is 24.7 Å². The van der Waals surface area contributed by atoms with Gasteiger partial charge in [0, 0.05) is 12.7 Å². The lowest BCUT2D eigenvalue weighted by Crippen LogP contribution is -2.03. The van der Waals surface area contributed by atoms with Crippen LogP contribution in [0.25, 0.3) is 0 Å². The molecule has 0 saturated carbocycles. The molecule has 1 aromatic rings. The number of ether oxygens (including phenoxy) is 3. The summed E-state index contributed by atoms with van der Waals surface area (Å²) >= 11 is 0. The summed E-state index contributed by atoms with van der Waals surface area (Å²) in [5.41, 5.74) is 1.81. The molecule has 0 fully saturated rings. The second-order valence-electron chi connectivity index (χ2n) is 3.23. The first-order valence-corrected chi connectivity index (χ1v) is 4.81. The molecule has 1 aromatic carbocycles. The van der Waals surface area contributed by atoms with Crippen molar-refractivity contribution < 1.29 is 19.0 Å². The maximum absolute atomic E-state index is 5.28. The minimum Gasteiger partial charge on any atom is -0.493 e. The van der Waals surface area contributed by atoms with E-state index < -0.39 is 0 Å². The van der Waals surface area contributed by atoms with E-state index in [-0.39, 0.29) is 0 Å². The monoisotopic (exact) mass is 227 g/mol. The summed E-state index contributed by atoms with van der Waals surface area (Å²) in [6.07, 6.45) is 0. The zero-order valence-corrected chi connectivity index (χ0v) is 9.78. The van der Waals surface area contributed by atoms with E-state index >= 15 is 0 Å². The number of methoxy groups -OCH3 is 3. The zero-order valence-electron chi connectivity index (χ0n) is 9.78. The Balaban J connectivity index is 3.14. The first kappa shape index (κ1) is 12.8. The molecule has 0 amide bonds. The van der Waals surface area contributed by atoms with Gasteiger partial charge in [-0.05, 0) is 17.7 Å². The lowest BCUT2D eigenvalue weighted by molar-refractivity contribution is 0.123. The van der Waals surface area contributed by atoms with Gasteiger partial charge < -0.3 is 14.2 Å². The predicted molar refractivity (Wildman–Crippen MR) is 59.2 cm³/mol. The van der Waals surface area contributed by atoms with Gasteiger partial charge in [-0.2, -0.15) is 0 Å². The highest BCUT2D eigenvalue weighted by Gasteiger charge is 2.12. The van der Waals surface area contributed by atoms with Crippen molar-refractivity contribution in [3.63, 3.8) is 0 Å². The van der Waals surface area contributed by atoms with Gasteiger partial charge in [0.15, 0.2) is 11.5 Å². The van der Waals surface area contributed by atoms with Crippen molar-refractivity contribution in [2.75, 3.05) is 21.3 Å². The van der Waals surface area contributed by atoms with Gasteiger partial charge in [-0.25, -0.2) is 5.90 Å². The highest BCUT2D eigenvalue weighted by atomic mass is 16.6. The number of hydrogen-bond donors (Lipinski definition) is 1. The maximum atomic E-state index is 5.28. The summed E-state index contributed by atoms with van der Waals surface area (Å²) in [4.78, 5) is 4.60. The Morgan fingerprint density at radius 1 is 1.06 bits per heavy atom. The summed E-state index contributed by atoms with van der Waals surface area (Å²) in [7, 11) is 4.80. The van der Waals surface area contributed by atoms with Crippen molar-refractivity contribution in [3.8, 4) is 11.5 Å². The highest BCUT2D eigenvalue weighted by molar-refractivity contribution is 5.49. The van der Waals surface area contributed by atoms with Crippen LogP contribution in [0.5, 0.6) is 11.5 Å². The van der Waals surface area contributed by atoms with Crippen molar-refractivity contribution in [3.05, 3.63) is 23.3 Å². The molecule has 0 bridgehead atoms. The summed E-state index contributed by atoms with van der Waals surface area (Å²) < 4.78 is 15.6. The Hall–Kier alpha value is -1.30. The fourth-order valence-electron chi connectivity index (χ4n) is 1.55. The number of hydrogen-bond acceptors (Lipinski definition) is 5. The number of rotatable bonds is 6. The Labute approximate surface area is 95.0 Å². The molecule has 0 spiro atoms. The normalized spacial score (nSPS) is 10.2. The molecule has 1 rings (SSSR count). The van der Waals surface area contributed by atoms with Gasteiger partial charge in [-0.3, -0.25) is 4.84 Å². The summed E-state index contributed by atoms with van der Waals surface area (Å²) in [6.45, 7) is 0.759. The predicted octanol–water partition coefficient (Wildman–Crippen LogP) is 1.24. The van der Waals surface area contributed by atoms with E-state index in [2.05, 4.69) is 4.84 Å². The number of benzene rings is 1. The number of nitrogens with two attached hydrogens (primary N) is 1. The Bertz CT molecular complexity index is 341. The fourth-order valence-corrected chi connectivity index (χ4v) is 1.55. The Kier molecular flexibility index (Phi) is 5.04. The molecule has 16 heavy (non-hydrogen) atoms. The molecule has 0 heterocycles. The first-order chi connectivity index (χ1) is 7.76. The van der Waals surface area contributed by atoms with Crippen LogP contribution in [-0.2, 0) is 22.8 Å². The molecule has 0 aliphatic rings. The van der Waals surface area contributed by atoms with Crippen LogP contribution >= 0.6 is 0 Å². The molecule has 2 N–H and O–H groups in total. The lowest BCUT2D eigenvalue weighted by Gasteiger charge is -2.14. The standard InChI is InChI=1S/C11H17NO4/c1-13-7-9-4-8(6-16-12)5-10(14-2)11(9)15-3/h4-5H,6-7,12H2,1-3H3. The van der Waals surface area contributed by atoms with Gasteiger partial charge in [0.25, 0.3) is 0 Å². The fraction of sp³-hybridized carbons (Fsp3) is 0.455. The molecular weight excluding hydrogens is 210 g/mol. The zero-order chi connectivity index (χ0) is 12.0. The second kappa shape index (κ2) is 6.32. The minimum absolute atomic E-state index is 0.317. The second-order valence-corrected chi connectivity index (χ2v) is 3.23. The van der Waals surface area contributed by atoms with E-state index in [1.165, 1.54) is 0 Å². The van der Waals surface area contributed by atoms with Gasteiger partial charge >= 0.3 is 0 Å². The topological polar surface area (TPSA) is 62.9 Å². The largest absolute Gasteiger partial charge is 0.493 e. The van der Waals surface area contributed by atoms with E-state index in [1.54, 1.807) is 21.3 Å². The maximum Gasteiger partial charge on any atom is 0.166 e. The van der Waals surface area contributed by atoms with Crippen LogP contribution in [0.15, 0.2) is 12.1 Å². The van der Waals surface area contributed by atoms with Crippen molar-refractivity contribution in [2.24, 2.45) is 5.90 Å². The Morgan fingerprint density at radius 2 is 1.81 bits per heavy atom. The van der Waals surface area contributed by atoms with Crippen LogP contribution < -0.4 is 15.4 Å². The summed E-state index contributed by atoms with van der Waals surface area (Å²) in [6, 6.07) is 3.74. The van der Waals surface area contributed by atoms with Crippen molar-refractivity contribution in [1.29, 1.82) is 0 Å². The van der Waals surface area contributed by atoms with Gasteiger partial charge in [-0.15, -0.1) is 0 Å². The van der Waals surface area contributed by atoms with Crippen LogP contribution in [0.4, 0.5) is 0 Å². The van der Waals surface area contributed by atoms with E-state index in [1.807, 2.05) is 12.1 Å². The quantitative estimate of drug-likeness (QED) is 0.741. The van der Waals surface area contributed by atoms with E-state index in [4.69, 9.17) is 20.1 Å². The average molecular weight is 227 g/mol. The van der Waals surface area contributed by atoms with Crippen LogP contribution in [0.1, 0.15) is 11.1 Å². The first-order valence-electron chi connectivity index (χ1n) is 4.81. The van der Waals surface area contributed by atoms with Crippen LogP contribution in [0, 0.1) is 0 Å². The SMILES string of the molecule is COCc1cc(CON)cc(OC)c1OC. The third-order valence-electron chi connectivity index (χ3n) is 2.17. The third kappa shape index (κ3) is 2.85. The summed E-state index contributed by atoms with van der Waals surface area (Å²) in [5.74, 6) is 6.36. The van der Waals surface area contributed by atoms with Gasteiger partial charge in [0.05, 0.1) is 27.4 Å². The molecule has 5 nitrogen and oxygen atoms in total. The van der Waals surface area contributed by atoms with Gasteiger partial charge in [0.1, 0.15) is 0 Å². The minimum atomic E-state index is 0.317. The molecule has 90 valence electrons. The molecular formula is C11H17NO4. The Morgan fingerprint density at radius 3 is 2.31 bits per heavy atom. The van der Waals surface area contributed by atoms with Crippen LogP contribution in [0.3, 0.4) is 0 Å². The van der Waals surface area contributed by atoms with Crippen molar-refractivity contribution in [1.82, 2.24) is 0 Å². The van der Waals surface area contributed by atoms with Crippen LogP contribution in [0.2, 0.25) is 0 Å². The smallest absolute Gasteiger partial charge is 0.166 e.